The van der Waals surface area contributed by atoms with Gasteiger partial charge < -0.3 is 15.5 Å². The van der Waals surface area contributed by atoms with E-state index in [1.165, 1.54) is 23.5 Å². The summed E-state index contributed by atoms with van der Waals surface area (Å²) in [7, 11) is 0. The van der Waals surface area contributed by atoms with Crippen LogP contribution in [-0.2, 0) is 9.59 Å². The number of phenols is 2. The van der Waals surface area contributed by atoms with Gasteiger partial charge in [0.25, 0.3) is 5.91 Å². The SMILES string of the molecule is O=C(Nc1ccc(N2C(=O)CSC2c2ccccc2O)cc1)c1ccc(N2C(=O)CSC2c2ccccc2O)cc1. The van der Waals surface area contributed by atoms with Gasteiger partial charge in [-0.1, -0.05) is 36.4 Å². The Hall–Kier alpha value is -4.41. The van der Waals surface area contributed by atoms with Crippen LogP contribution in [0.5, 0.6) is 11.5 Å². The predicted octanol–water partition coefficient (Wildman–Crippen LogP) is 5.91. The third-order valence-electron chi connectivity index (χ3n) is 6.95. The van der Waals surface area contributed by atoms with Crippen LogP contribution in [0.15, 0.2) is 97.1 Å². The molecule has 10 heteroatoms. The number of nitrogens with one attached hydrogen (secondary N) is 1. The van der Waals surface area contributed by atoms with E-state index in [0.717, 1.165) is 0 Å². The maximum absolute atomic E-state index is 13.0. The maximum Gasteiger partial charge on any atom is 0.255 e. The Bertz CT molecular complexity index is 1630. The zero-order chi connectivity index (χ0) is 28.5. The minimum absolute atomic E-state index is 0.0558. The summed E-state index contributed by atoms with van der Waals surface area (Å²) < 4.78 is 0. The topological polar surface area (TPSA) is 110 Å². The van der Waals surface area contributed by atoms with E-state index < -0.39 is 0 Å². The molecule has 4 aromatic carbocycles. The molecule has 3 N–H and O–H groups in total. The van der Waals surface area contributed by atoms with Crippen molar-refractivity contribution in [2.45, 2.75) is 10.7 Å². The van der Waals surface area contributed by atoms with Gasteiger partial charge in [-0.3, -0.25) is 24.2 Å². The molecule has 2 fully saturated rings. The molecule has 0 bridgehead atoms. The molecule has 2 unspecified atom stereocenters. The first-order chi connectivity index (χ1) is 19.9. The van der Waals surface area contributed by atoms with E-state index in [1.54, 1.807) is 88.7 Å². The van der Waals surface area contributed by atoms with E-state index in [4.69, 9.17) is 0 Å². The van der Waals surface area contributed by atoms with Gasteiger partial charge in [0, 0.05) is 33.8 Å². The van der Waals surface area contributed by atoms with Gasteiger partial charge in [-0.05, 0) is 60.7 Å². The normalized spacial score (nSPS) is 18.6. The van der Waals surface area contributed by atoms with Crippen molar-refractivity contribution in [3.8, 4) is 11.5 Å². The quantitative estimate of drug-likeness (QED) is 0.259. The lowest BCUT2D eigenvalue weighted by atomic mass is 10.1. The second-order valence-corrected chi connectivity index (χ2v) is 11.7. The van der Waals surface area contributed by atoms with Crippen LogP contribution < -0.4 is 15.1 Å². The molecule has 2 atom stereocenters. The summed E-state index contributed by atoms with van der Waals surface area (Å²) in [6.07, 6.45) is 0. The largest absolute Gasteiger partial charge is 0.508 e. The number of aromatic hydroxyl groups is 2. The van der Waals surface area contributed by atoms with Crippen molar-refractivity contribution in [2.75, 3.05) is 26.6 Å². The molecular weight excluding hydrogens is 558 g/mol. The van der Waals surface area contributed by atoms with Crippen LogP contribution in [0.4, 0.5) is 17.1 Å². The minimum atomic E-state index is -0.353. The standard InChI is InChI=1S/C31H25N3O5S2/c35-25-7-3-1-5-23(25)30-33(27(37)17-40-30)21-13-9-19(10-14-21)29(39)32-20-11-15-22(16-12-20)34-28(38)18-41-31(34)24-6-2-4-8-26(24)36/h1-16,30-31,35-36H,17-18H2,(H,32,39). The van der Waals surface area contributed by atoms with Gasteiger partial charge in [0.05, 0.1) is 11.5 Å². The number of carbonyl (C=O) groups is 3. The van der Waals surface area contributed by atoms with Crippen LogP contribution in [0.2, 0.25) is 0 Å². The zero-order valence-electron chi connectivity index (χ0n) is 21.6. The Morgan fingerprint density at radius 3 is 1.56 bits per heavy atom. The molecule has 2 saturated heterocycles. The molecule has 2 aliphatic heterocycles. The van der Waals surface area contributed by atoms with Gasteiger partial charge in [0.2, 0.25) is 11.8 Å². The van der Waals surface area contributed by atoms with Crippen LogP contribution >= 0.6 is 23.5 Å². The van der Waals surface area contributed by atoms with E-state index in [2.05, 4.69) is 5.32 Å². The number of hydrogen-bond donors (Lipinski definition) is 3. The first-order valence-electron chi connectivity index (χ1n) is 12.9. The molecule has 41 heavy (non-hydrogen) atoms. The highest BCUT2D eigenvalue weighted by Crippen LogP contribution is 2.45. The van der Waals surface area contributed by atoms with Crippen molar-refractivity contribution in [3.63, 3.8) is 0 Å². The molecule has 2 heterocycles. The monoisotopic (exact) mass is 583 g/mol. The van der Waals surface area contributed by atoms with Crippen molar-refractivity contribution >= 4 is 58.3 Å². The van der Waals surface area contributed by atoms with E-state index in [9.17, 15) is 24.6 Å². The number of rotatable bonds is 6. The van der Waals surface area contributed by atoms with E-state index in [-0.39, 0.29) is 40.0 Å². The van der Waals surface area contributed by atoms with Crippen LogP contribution in [0.1, 0.15) is 32.2 Å². The Morgan fingerprint density at radius 1 is 0.659 bits per heavy atom. The van der Waals surface area contributed by atoms with Gasteiger partial charge in [-0.2, -0.15) is 0 Å². The maximum atomic E-state index is 13.0. The molecule has 8 nitrogen and oxygen atoms in total. The fraction of sp³-hybridized carbons (Fsp3) is 0.129. The number of thioether (sulfide) groups is 2. The second-order valence-electron chi connectivity index (χ2n) is 9.52. The number of nitrogens with zero attached hydrogens (tertiary/aromatic N) is 2. The van der Waals surface area contributed by atoms with Gasteiger partial charge in [-0.15, -0.1) is 23.5 Å². The Morgan fingerprint density at radius 2 is 1.10 bits per heavy atom. The van der Waals surface area contributed by atoms with Crippen LogP contribution in [-0.4, -0.2) is 39.4 Å². The summed E-state index contributed by atoms with van der Waals surface area (Å²) in [6, 6.07) is 27.7. The lowest BCUT2D eigenvalue weighted by molar-refractivity contribution is -0.116. The molecule has 3 amide bonds. The van der Waals surface area contributed by atoms with E-state index >= 15 is 0 Å². The first-order valence-corrected chi connectivity index (χ1v) is 14.9. The van der Waals surface area contributed by atoms with Crippen molar-refractivity contribution in [3.05, 3.63) is 114 Å². The summed E-state index contributed by atoms with van der Waals surface area (Å²) >= 11 is 2.89. The van der Waals surface area contributed by atoms with Crippen molar-refractivity contribution in [1.29, 1.82) is 0 Å². The molecule has 2 aliphatic rings. The lowest BCUT2D eigenvalue weighted by Gasteiger charge is -2.25. The number of anilines is 3. The number of carbonyl (C=O) groups excluding carboxylic acids is 3. The van der Waals surface area contributed by atoms with Crippen molar-refractivity contribution < 1.29 is 24.6 Å². The Labute approximate surface area is 245 Å². The molecule has 0 spiro atoms. The highest BCUT2D eigenvalue weighted by molar-refractivity contribution is 8.01. The van der Waals surface area contributed by atoms with Gasteiger partial charge in [0.15, 0.2) is 0 Å². The number of amides is 3. The predicted molar refractivity (Wildman–Crippen MR) is 162 cm³/mol. The lowest BCUT2D eigenvalue weighted by Crippen LogP contribution is -2.28. The molecule has 0 aromatic heterocycles. The molecule has 0 radical (unpaired) electrons. The Balaban J connectivity index is 1.15. The van der Waals surface area contributed by atoms with Crippen LogP contribution in [0, 0.1) is 0 Å². The summed E-state index contributed by atoms with van der Waals surface area (Å²) in [5.41, 5.74) is 3.62. The van der Waals surface area contributed by atoms with Crippen molar-refractivity contribution in [2.24, 2.45) is 0 Å². The minimum Gasteiger partial charge on any atom is -0.508 e. The first kappa shape index (κ1) is 26.8. The molecule has 6 rings (SSSR count). The summed E-state index contributed by atoms with van der Waals surface area (Å²) in [5.74, 6) is 0.437. The average Bonchev–Trinajstić information content (AvgIpc) is 3.56. The van der Waals surface area contributed by atoms with Gasteiger partial charge >= 0.3 is 0 Å². The average molecular weight is 584 g/mol. The third kappa shape index (κ3) is 5.23. The number of para-hydroxylation sites is 2. The molecule has 206 valence electrons. The highest BCUT2D eigenvalue weighted by Gasteiger charge is 2.36. The zero-order valence-corrected chi connectivity index (χ0v) is 23.3. The summed E-state index contributed by atoms with van der Waals surface area (Å²) in [6.45, 7) is 0. The Kier molecular flexibility index (Phi) is 7.34. The summed E-state index contributed by atoms with van der Waals surface area (Å²) in [4.78, 5) is 41.7. The van der Waals surface area contributed by atoms with Gasteiger partial charge in [-0.25, -0.2) is 0 Å². The van der Waals surface area contributed by atoms with Crippen LogP contribution in [0.3, 0.4) is 0 Å². The fourth-order valence-corrected chi connectivity index (χ4v) is 7.35. The second kappa shape index (κ2) is 11.2. The molecule has 4 aromatic rings. The number of hydrogen-bond acceptors (Lipinski definition) is 7. The van der Waals surface area contributed by atoms with Gasteiger partial charge in [0.1, 0.15) is 22.2 Å². The molecule has 0 saturated carbocycles. The smallest absolute Gasteiger partial charge is 0.255 e. The molecule has 0 aliphatic carbocycles. The number of benzene rings is 4. The van der Waals surface area contributed by atoms with E-state index in [1.807, 2.05) is 18.2 Å². The highest BCUT2D eigenvalue weighted by atomic mass is 32.2. The third-order valence-corrected chi connectivity index (χ3v) is 9.34. The summed E-state index contributed by atoms with van der Waals surface area (Å²) in [5, 5.41) is 22.8. The number of phenolic OH excluding ortho intramolecular Hbond substituents is 2. The van der Waals surface area contributed by atoms with Crippen LogP contribution in [0.25, 0.3) is 0 Å². The fourth-order valence-electron chi connectivity index (χ4n) is 4.94. The van der Waals surface area contributed by atoms with E-state index in [0.29, 0.717) is 45.3 Å². The van der Waals surface area contributed by atoms with Crippen molar-refractivity contribution in [1.82, 2.24) is 0 Å². The molecular formula is C31H25N3O5S2.